The molecule has 0 saturated carbocycles. The second-order valence-electron chi connectivity index (χ2n) is 5.09. The van der Waals surface area contributed by atoms with E-state index in [0.717, 1.165) is 37.7 Å². The molecular weight excluding hydrogens is 292 g/mol. The van der Waals surface area contributed by atoms with E-state index in [9.17, 15) is 0 Å². The van der Waals surface area contributed by atoms with Gasteiger partial charge in [0, 0.05) is 38.5 Å². The number of hydrogen-bond donors (Lipinski definition) is 0. The number of alkyl halides is 1. The molecule has 1 aliphatic heterocycles. The van der Waals surface area contributed by atoms with Crippen molar-refractivity contribution in [3.63, 3.8) is 0 Å². The standard InChI is InChI=1S/C13H19ClN6O/c1-18-5-7-19(8-6-18)20-10(3-4-14)17-11-12(20)15-9-16-13(11)21-2/h9H,3-8H2,1-2H3. The van der Waals surface area contributed by atoms with Crippen LogP contribution in [-0.4, -0.2) is 70.7 Å². The molecule has 3 rings (SSSR count). The van der Waals surface area contributed by atoms with E-state index in [0.29, 0.717) is 23.7 Å². The molecule has 114 valence electrons. The lowest BCUT2D eigenvalue weighted by molar-refractivity contribution is 0.287. The Labute approximate surface area is 128 Å². The second-order valence-corrected chi connectivity index (χ2v) is 5.47. The molecule has 0 N–H and O–H groups in total. The van der Waals surface area contributed by atoms with Crippen LogP contribution < -0.4 is 9.75 Å². The van der Waals surface area contributed by atoms with E-state index in [-0.39, 0.29) is 0 Å². The zero-order valence-electron chi connectivity index (χ0n) is 12.3. The summed E-state index contributed by atoms with van der Waals surface area (Å²) >= 11 is 5.92. The maximum Gasteiger partial charge on any atom is 0.245 e. The highest BCUT2D eigenvalue weighted by atomic mass is 35.5. The Kier molecular flexibility index (Phi) is 4.12. The Bertz CT molecular complexity index is 622. The van der Waals surface area contributed by atoms with Crippen molar-refractivity contribution in [2.24, 2.45) is 0 Å². The molecule has 0 spiro atoms. The van der Waals surface area contributed by atoms with Crippen LogP contribution in [0.25, 0.3) is 11.2 Å². The fourth-order valence-corrected chi connectivity index (χ4v) is 2.76. The SMILES string of the molecule is COc1ncnc2c1nc(CCCl)n2N1CCN(C)CC1. The van der Waals surface area contributed by atoms with Gasteiger partial charge in [-0.25, -0.2) is 14.6 Å². The molecule has 2 aromatic heterocycles. The molecule has 21 heavy (non-hydrogen) atoms. The van der Waals surface area contributed by atoms with Crippen molar-refractivity contribution in [2.75, 3.05) is 51.2 Å². The zero-order valence-corrected chi connectivity index (χ0v) is 13.0. The van der Waals surface area contributed by atoms with Crippen LogP contribution >= 0.6 is 11.6 Å². The zero-order chi connectivity index (χ0) is 14.8. The molecule has 0 bridgehead atoms. The molecule has 0 amide bonds. The third kappa shape index (κ3) is 2.63. The smallest absolute Gasteiger partial charge is 0.245 e. The fourth-order valence-electron chi connectivity index (χ4n) is 2.59. The van der Waals surface area contributed by atoms with Crippen LogP contribution in [0.5, 0.6) is 5.88 Å². The van der Waals surface area contributed by atoms with Crippen molar-refractivity contribution in [2.45, 2.75) is 6.42 Å². The van der Waals surface area contributed by atoms with E-state index in [2.05, 4.69) is 36.6 Å². The van der Waals surface area contributed by atoms with Gasteiger partial charge >= 0.3 is 0 Å². The van der Waals surface area contributed by atoms with Gasteiger partial charge in [-0.15, -0.1) is 11.6 Å². The first-order valence-corrected chi connectivity index (χ1v) is 7.54. The Hall–Kier alpha value is -1.60. The number of aromatic nitrogens is 4. The molecule has 0 aliphatic carbocycles. The number of fused-ring (bicyclic) bond motifs is 1. The van der Waals surface area contributed by atoms with E-state index < -0.39 is 0 Å². The summed E-state index contributed by atoms with van der Waals surface area (Å²) in [7, 11) is 3.73. The number of imidazole rings is 1. The van der Waals surface area contributed by atoms with Crippen molar-refractivity contribution in [1.82, 2.24) is 24.5 Å². The Morgan fingerprint density at radius 3 is 2.67 bits per heavy atom. The highest BCUT2D eigenvalue weighted by Crippen LogP contribution is 2.22. The van der Waals surface area contributed by atoms with Crippen molar-refractivity contribution in [3.8, 4) is 5.88 Å². The van der Waals surface area contributed by atoms with Crippen LogP contribution in [0.15, 0.2) is 6.33 Å². The minimum absolute atomic E-state index is 0.503. The summed E-state index contributed by atoms with van der Waals surface area (Å²) in [4.78, 5) is 15.5. The number of rotatable bonds is 4. The maximum atomic E-state index is 5.92. The van der Waals surface area contributed by atoms with Crippen LogP contribution in [-0.2, 0) is 6.42 Å². The minimum Gasteiger partial charge on any atom is -0.479 e. The summed E-state index contributed by atoms with van der Waals surface area (Å²) in [6.45, 7) is 3.90. The third-order valence-corrected chi connectivity index (χ3v) is 3.92. The van der Waals surface area contributed by atoms with Crippen molar-refractivity contribution in [1.29, 1.82) is 0 Å². The van der Waals surface area contributed by atoms with E-state index >= 15 is 0 Å². The molecule has 2 aromatic rings. The first-order chi connectivity index (χ1) is 10.2. The average molecular weight is 311 g/mol. The van der Waals surface area contributed by atoms with Crippen LogP contribution in [0, 0.1) is 0 Å². The number of piperazine rings is 1. The van der Waals surface area contributed by atoms with Gasteiger partial charge in [-0.1, -0.05) is 0 Å². The number of likely N-dealkylation sites (N-methyl/N-ethyl adjacent to an activating group) is 1. The van der Waals surface area contributed by atoms with Crippen molar-refractivity contribution in [3.05, 3.63) is 12.2 Å². The number of hydrogen-bond acceptors (Lipinski definition) is 6. The summed E-state index contributed by atoms with van der Waals surface area (Å²) in [5, 5.41) is 2.27. The lowest BCUT2D eigenvalue weighted by Gasteiger charge is -2.35. The molecular formula is C13H19ClN6O. The molecule has 0 unspecified atom stereocenters. The highest BCUT2D eigenvalue weighted by Gasteiger charge is 2.22. The predicted octanol–water partition coefficient (Wildman–Crippen LogP) is 0.500. The third-order valence-electron chi connectivity index (χ3n) is 3.73. The first kappa shape index (κ1) is 14.3. The molecule has 1 aliphatic rings. The maximum absolute atomic E-state index is 5.92. The van der Waals surface area contributed by atoms with Gasteiger partial charge in [0.2, 0.25) is 5.88 Å². The van der Waals surface area contributed by atoms with Gasteiger partial charge < -0.3 is 14.6 Å². The highest BCUT2D eigenvalue weighted by molar-refractivity contribution is 6.17. The molecule has 0 radical (unpaired) electrons. The second kappa shape index (κ2) is 6.03. The quantitative estimate of drug-likeness (QED) is 0.767. The summed E-state index contributed by atoms with van der Waals surface area (Å²) < 4.78 is 7.37. The van der Waals surface area contributed by atoms with Gasteiger partial charge in [0.15, 0.2) is 11.2 Å². The fraction of sp³-hybridized carbons (Fsp3) is 0.615. The van der Waals surface area contributed by atoms with Crippen LogP contribution in [0.3, 0.4) is 0 Å². The van der Waals surface area contributed by atoms with Crippen LogP contribution in [0.4, 0.5) is 0 Å². The normalized spacial score (nSPS) is 16.6. The minimum atomic E-state index is 0.503. The number of ether oxygens (including phenoxy) is 1. The van der Waals surface area contributed by atoms with Crippen molar-refractivity contribution >= 4 is 22.8 Å². The summed E-state index contributed by atoms with van der Waals surface area (Å²) in [5.41, 5.74) is 1.48. The van der Waals surface area contributed by atoms with Gasteiger partial charge in [0.05, 0.1) is 7.11 Å². The predicted molar refractivity (Wildman–Crippen MR) is 81.7 cm³/mol. The monoisotopic (exact) mass is 310 g/mol. The van der Waals surface area contributed by atoms with Gasteiger partial charge in [-0.3, -0.25) is 0 Å². The molecule has 7 nitrogen and oxygen atoms in total. The van der Waals surface area contributed by atoms with Crippen LogP contribution in [0.1, 0.15) is 5.82 Å². The summed E-state index contributed by atoms with van der Waals surface area (Å²) in [6.07, 6.45) is 2.20. The van der Waals surface area contributed by atoms with Crippen molar-refractivity contribution < 1.29 is 4.74 Å². The Balaban J connectivity index is 2.08. The number of aryl methyl sites for hydroxylation is 1. The molecule has 0 aromatic carbocycles. The average Bonchev–Trinajstić information content (AvgIpc) is 2.86. The van der Waals surface area contributed by atoms with Gasteiger partial charge in [-0.2, -0.15) is 4.98 Å². The largest absolute Gasteiger partial charge is 0.479 e. The molecule has 1 saturated heterocycles. The lowest BCUT2D eigenvalue weighted by Crippen LogP contribution is -2.50. The molecule has 1 fully saturated rings. The number of halogens is 1. The molecule has 3 heterocycles. The van der Waals surface area contributed by atoms with Gasteiger partial charge in [-0.05, 0) is 7.05 Å². The number of methoxy groups -OCH3 is 1. The topological polar surface area (TPSA) is 59.3 Å². The van der Waals surface area contributed by atoms with E-state index in [4.69, 9.17) is 16.3 Å². The number of nitrogens with zero attached hydrogens (tertiary/aromatic N) is 6. The Morgan fingerprint density at radius 1 is 1.24 bits per heavy atom. The summed E-state index contributed by atoms with van der Waals surface area (Å²) in [5.74, 6) is 1.93. The van der Waals surface area contributed by atoms with E-state index in [1.165, 1.54) is 6.33 Å². The molecule has 8 heteroatoms. The van der Waals surface area contributed by atoms with Gasteiger partial charge in [0.1, 0.15) is 12.2 Å². The first-order valence-electron chi connectivity index (χ1n) is 7.00. The molecule has 0 atom stereocenters. The van der Waals surface area contributed by atoms with E-state index in [1.54, 1.807) is 7.11 Å². The lowest BCUT2D eigenvalue weighted by atomic mass is 10.4. The Morgan fingerprint density at radius 2 is 2.00 bits per heavy atom. The van der Waals surface area contributed by atoms with E-state index in [1.807, 2.05) is 0 Å². The summed E-state index contributed by atoms with van der Waals surface area (Å²) in [6, 6.07) is 0. The van der Waals surface area contributed by atoms with Gasteiger partial charge in [0.25, 0.3) is 0 Å². The van der Waals surface area contributed by atoms with Crippen LogP contribution in [0.2, 0.25) is 0 Å².